The molecule has 0 fully saturated rings. The van der Waals surface area contributed by atoms with Gasteiger partial charge in [-0.1, -0.05) is 0 Å². The minimum Gasteiger partial charge on any atom is -0.493 e. The second-order valence-electron chi connectivity index (χ2n) is 3.89. The van der Waals surface area contributed by atoms with Gasteiger partial charge in [0.25, 0.3) is 0 Å². The van der Waals surface area contributed by atoms with Crippen molar-refractivity contribution in [3.63, 3.8) is 0 Å². The van der Waals surface area contributed by atoms with Gasteiger partial charge in [0, 0.05) is 23.4 Å². The van der Waals surface area contributed by atoms with Crippen molar-refractivity contribution in [3.8, 4) is 22.8 Å². The summed E-state index contributed by atoms with van der Waals surface area (Å²) in [6.45, 7) is 2.49. The summed E-state index contributed by atoms with van der Waals surface area (Å²) in [4.78, 5) is 15.0. The van der Waals surface area contributed by atoms with Crippen molar-refractivity contribution < 1.29 is 14.3 Å². The molecule has 0 atom stereocenters. The molecule has 2 rings (SSSR count). The van der Waals surface area contributed by atoms with Crippen molar-refractivity contribution >= 4 is 6.29 Å². The molecule has 0 radical (unpaired) electrons. The first-order valence-electron chi connectivity index (χ1n) is 6.01. The molecule has 0 N–H and O–H groups in total. The molecule has 98 valence electrons. The first kappa shape index (κ1) is 13.1. The summed E-state index contributed by atoms with van der Waals surface area (Å²) in [5, 5.41) is 0. The third-order valence-corrected chi connectivity index (χ3v) is 2.69. The van der Waals surface area contributed by atoms with Gasteiger partial charge in [-0.25, -0.2) is 4.98 Å². The smallest absolute Gasteiger partial charge is 0.213 e. The molecule has 2 aromatic rings. The van der Waals surface area contributed by atoms with Gasteiger partial charge in [0.1, 0.15) is 12.0 Å². The number of benzene rings is 1. The predicted octanol–water partition coefficient (Wildman–Crippen LogP) is 2.97. The summed E-state index contributed by atoms with van der Waals surface area (Å²) in [6, 6.07) is 9.00. The highest BCUT2D eigenvalue weighted by atomic mass is 16.5. The zero-order chi connectivity index (χ0) is 13.7. The maximum absolute atomic E-state index is 10.9. The zero-order valence-electron chi connectivity index (χ0n) is 10.9. The largest absolute Gasteiger partial charge is 0.493 e. The third-order valence-electron chi connectivity index (χ3n) is 2.69. The van der Waals surface area contributed by atoms with Crippen molar-refractivity contribution in [1.29, 1.82) is 0 Å². The van der Waals surface area contributed by atoms with Crippen LogP contribution in [0, 0.1) is 0 Å². The second kappa shape index (κ2) is 6.00. The van der Waals surface area contributed by atoms with Crippen LogP contribution in [0.1, 0.15) is 17.3 Å². The fourth-order valence-electron chi connectivity index (χ4n) is 1.82. The van der Waals surface area contributed by atoms with Gasteiger partial charge in [-0.3, -0.25) is 4.79 Å². The first-order valence-corrected chi connectivity index (χ1v) is 6.01. The van der Waals surface area contributed by atoms with Gasteiger partial charge in [-0.05, 0) is 36.8 Å². The molecule has 4 heteroatoms. The van der Waals surface area contributed by atoms with Gasteiger partial charge < -0.3 is 9.47 Å². The molecule has 0 saturated heterocycles. The molecule has 0 aliphatic heterocycles. The lowest BCUT2D eigenvalue weighted by molar-refractivity contribution is 0.112. The second-order valence-corrected chi connectivity index (χ2v) is 3.89. The van der Waals surface area contributed by atoms with E-state index in [-0.39, 0.29) is 0 Å². The van der Waals surface area contributed by atoms with E-state index in [2.05, 4.69) is 4.98 Å². The van der Waals surface area contributed by atoms with Crippen LogP contribution in [0.5, 0.6) is 11.6 Å². The molecule has 1 aromatic carbocycles. The number of methoxy groups -OCH3 is 1. The quantitative estimate of drug-likeness (QED) is 0.773. The fourth-order valence-corrected chi connectivity index (χ4v) is 1.82. The van der Waals surface area contributed by atoms with Gasteiger partial charge in [0.15, 0.2) is 0 Å². The van der Waals surface area contributed by atoms with Crippen LogP contribution in [0.3, 0.4) is 0 Å². The lowest BCUT2D eigenvalue weighted by atomic mass is 10.0. The maximum atomic E-state index is 10.9. The number of pyridine rings is 1. The number of hydrogen-bond donors (Lipinski definition) is 0. The van der Waals surface area contributed by atoms with E-state index >= 15 is 0 Å². The number of aldehydes is 1. The summed E-state index contributed by atoms with van der Waals surface area (Å²) in [6.07, 6.45) is 2.48. The third kappa shape index (κ3) is 2.91. The Balaban J connectivity index is 2.53. The topological polar surface area (TPSA) is 48.4 Å². The first-order chi connectivity index (χ1) is 9.28. The summed E-state index contributed by atoms with van der Waals surface area (Å²) >= 11 is 0. The lowest BCUT2D eigenvalue weighted by Gasteiger charge is -2.11. The van der Waals surface area contributed by atoms with E-state index in [9.17, 15) is 4.79 Å². The number of carbonyl (C=O) groups is 1. The van der Waals surface area contributed by atoms with Gasteiger partial charge in [0.05, 0.1) is 13.7 Å². The van der Waals surface area contributed by atoms with Crippen LogP contribution < -0.4 is 9.47 Å². The Bertz CT molecular complexity index is 581. The van der Waals surface area contributed by atoms with Crippen LogP contribution in [0.4, 0.5) is 0 Å². The molecule has 0 spiro atoms. The van der Waals surface area contributed by atoms with Crippen molar-refractivity contribution in [2.75, 3.05) is 13.7 Å². The summed E-state index contributed by atoms with van der Waals surface area (Å²) in [5.41, 5.74) is 2.36. The van der Waals surface area contributed by atoms with Gasteiger partial charge in [-0.2, -0.15) is 0 Å². The Kier molecular flexibility index (Phi) is 4.13. The molecule has 1 heterocycles. The number of nitrogens with zero attached hydrogens (tertiary/aromatic N) is 1. The Morgan fingerprint density at radius 3 is 2.79 bits per heavy atom. The highest BCUT2D eigenvalue weighted by molar-refractivity contribution is 5.81. The van der Waals surface area contributed by atoms with Crippen molar-refractivity contribution in [2.45, 2.75) is 6.92 Å². The van der Waals surface area contributed by atoms with E-state index in [0.29, 0.717) is 18.1 Å². The molecule has 4 nitrogen and oxygen atoms in total. The van der Waals surface area contributed by atoms with Crippen molar-refractivity contribution in [1.82, 2.24) is 4.98 Å². The molecular weight excluding hydrogens is 242 g/mol. The molecule has 0 aliphatic rings. The van der Waals surface area contributed by atoms with E-state index < -0.39 is 0 Å². The SMILES string of the molecule is CCOc1ccc(C=O)cc1-c1ccnc(OC)c1. The molecule has 19 heavy (non-hydrogen) atoms. The summed E-state index contributed by atoms with van der Waals surface area (Å²) < 4.78 is 10.7. The van der Waals surface area contributed by atoms with Crippen LogP contribution >= 0.6 is 0 Å². The number of ether oxygens (including phenoxy) is 2. The van der Waals surface area contributed by atoms with Crippen LogP contribution in [-0.2, 0) is 0 Å². The van der Waals surface area contributed by atoms with Crippen LogP contribution in [0.2, 0.25) is 0 Å². The Hall–Kier alpha value is -2.36. The van der Waals surface area contributed by atoms with Crippen LogP contribution in [-0.4, -0.2) is 25.0 Å². The predicted molar refractivity (Wildman–Crippen MR) is 72.8 cm³/mol. The normalized spacial score (nSPS) is 10.0. The standard InChI is InChI=1S/C15H15NO3/c1-3-19-14-5-4-11(10-17)8-13(14)12-6-7-16-15(9-12)18-2/h4-10H,3H2,1-2H3. The molecule has 0 aliphatic carbocycles. The number of carbonyl (C=O) groups excluding carboxylic acids is 1. The molecule has 0 unspecified atom stereocenters. The van der Waals surface area contributed by atoms with Gasteiger partial charge >= 0.3 is 0 Å². The molecule has 0 bridgehead atoms. The summed E-state index contributed by atoms with van der Waals surface area (Å²) in [7, 11) is 1.57. The average molecular weight is 257 g/mol. The lowest BCUT2D eigenvalue weighted by Crippen LogP contribution is -1.96. The minimum atomic E-state index is 0.524. The Morgan fingerprint density at radius 1 is 1.26 bits per heavy atom. The number of hydrogen-bond acceptors (Lipinski definition) is 4. The van der Waals surface area contributed by atoms with Gasteiger partial charge in [0.2, 0.25) is 5.88 Å². The Morgan fingerprint density at radius 2 is 2.11 bits per heavy atom. The minimum absolute atomic E-state index is 0.524. The maximum Gasteiger partial charge on any atom is 0.213 e. The highest BCUT2D eigenvalue weighted by Gasteiger charge is 2.09. The van der Waals surface area contributed by atoms with Crippen LogP contribution in [0.25, 0.3) is 11.1 Å². The van der Waals surface area contributed by atoms with E-state index in [4.69, 9.17) is 9.47 Å². The highest BCUT2D eigenvalue weighted by Crippen LogP contribution is 2.32. The van der Waals surface area contributed by atoms with Gasteiger partial charge in [-0.15, -0.1) is 0 Å². The Labute approximate surface area is 112 Å². The molecule has 0 amide bonds. The van der Waals surface area contributed by atoms with E-state index in [1.54, 1.807) is 31.5 Å². The number of rotatable bonds is 5. The fraction of sp³-hybridized carbons (Fsp3) is 0.200. The summed E-state index contributed by atoms with van der Waals surface area (Å²) in [5.74, 6) is 1.26. The molecular formula is C15H15NO3. The molecule has 0 saturated carbocycles. The van der Waals surface area contributed by atoms with Crippen molar-refractivity contribution in [2.24, 2.45) is 0 Å². The van der Waals surface area contributed by atoms with E-state index in [1.807, 2.05) is 19.1 Å². The van der Waals surface area contributed by atoms with Crippen molar-refractivity contribution in [3.05, 3.63) is 42.1 Å². The van der Waals surface area contributed by atoms with E-state index in [0.717, 1.165) is 23.2 Å². The average Bonchev–Trinajstić information content (AvgIpc) is 2.48. The van der Waals surface area contributed by atoms with E-state index in [1.165, 1.54) is 0 Å². The van der Waals surface area contributed by atoms with Crippen LogP contribution in [0.15, 0.2) is 36.5 Å². The molecule has 1 aromatic heterocycles. The monoisotopic (exact) mass is 257 g/mol. The zero-order valence-corrected chi connectivity index (χ0v) is 10.9. The number of aromatic nitrogens is 1.